The third kappa shape index (κ3) is 2.07. The summed E-state index contributed by atoms with van der Waals surface area (Å²) in [5.74, 6) is 0. The molecule has 0 aliphatic carbocycles. The lowest BCUT2D eigenvalue weighted by atomic mass is 10.3. The number of anilines is 1. The van der Waals surface area contributed by atoms with E-state index in [0.717, 1.165) is 10.9 Å². The Kier molecular flexibility index (Phi) is 3.27. The molecule has 0 fully saturated rings. The second kappa shape index (κ2) is 4.25. The third-order valence-corrected chi connectivity index (χ3v) is 3.06. The number of rotatable bonds is 3. The van der Waals surface area contributed by atoms with Crippen LogP contribution in [0.4, 0.5) is 5.69 Å². The van der Waals surface area contributed by atoms with Crippen LogP contribution in [0.3, 0.4) is 0 Å². The van der Waals surface area contributed by atoms with E-state index >= 15 is 0 Å². The molecule has 1 aromatic carbocycles. The first-order valence-corrected chi connectivity index (χ1v) is 4.90. The predicted molar refractivity (Wildman–Crippen MR) is 50.3 cm³/mol. The van der Waals surface area contributed by atoms with Crippen molar-refractivity contribution < 1.29 is 8.85 Å². The molecule has 1 rings (SSSR count). The summed E-state index contributed by atoms with van der Waals surface area (Å²) >= 11 is 0. The van der Waals surface area contributed by atoms with E-state index in [1.54, 1.807) is 14.2 Å². The van der Waals surface area contributed by atoms with Crippen molar-refractivity contribution in [1.29, 1.82) is 0 Å². The summed E-state index contributed by atoms with van der Waals surface area (Å²) < 4.78 is 10.3. The van der Waals surface area contributed by atoms with Crippen LogP contribution in [0, 0.1) is 0 Å². The lowest BCUT2D eigenvalue weighted by Crippen LogP contribution is -2.34. The molecule has 0 unspecified atom stereocenters. The van der Waals surface area contributed by atoms with Crippen LogP contribution in [0.2, 0.25) is 0 Å². The van der Waals surface area contributed by atoms with Crippen LogP contribution in [0.25, 0.3) is 0 Å². The number of hydrogen-bond donors (Lipinski definition) is 1. The molecule has 0 aliphatic heterocycles. The summed E-state index contributed by atoms with van der Waals surface area (Å²) in [5, 5.41) is 1.07. The van der Waals surface area contributed by atoms with Gasteiger partial charge in [0.2, 0.25) is 0 Å². The van der Waals surface area contributed by atoms with Crippen LogP contribution in [0.15, 0.2) is 24.3 Å². The summed E-state index contributed by atoms with van der Waals surface area (Å²) in [5.41, 5.74) is 6.30. The summed E-state index contributed by atoms with van der Waals surface area (Å²) in [7, 11) is 2.02. The number of nitrogen functional groups attached to an aromatic ring is 1. The Bertz CT molecular complexity index is 233. The van der Waals surface area contributed by atoms with Gasteiger partial charge in [0.15, 0.2) is 0 Å². The van der Waals surface area contributed by atoms with Crippen molar-refractivity contribution in [3.8, 4) is 0 Å². The van der Waals surface area contributed by atoms with Gasteiger partial charge in [0.25, 0.3) is 0 Å². The molecule has 1 aromatic rings. The highest BCUT2D eigenvalue weighted by Gasteiger charge is 2.14. The SMILES string of the molecule is CO[Si](OC)c1ccc(N)cc1. The molecule has 0 atom stereocenters. The normalized spacial score (nSPS) is 10.6. The first-order chi connectivity index (χ1) is 5.77. The standard InChI is InChI=1S/C8H12NO2Si/c1-10-12(11-2)8-5-3-7(9)4-6-8/h3-6H,9H2,1-2H3. The molecule has 4 heteroatoms. The van der Waals surface area contributed by atoms with Crippen LogP contribution in [-0.4, -0.2) is 23.5 Å². The highest BCUT2D eigenvalue weighted by molar-refractivity contribution is 6.61. The van der Waals surface area contributed by atoms with Crippen molar-refractivity contribution in [2.45, 2.75) is 0 Å². The van der Waals surface area contributed by atoms with E-state index in [0.29, 0.717) is 0 Å². The number of benzene rings is 1. The van der Waals surface area contributed by atoms with Gasteiger partial charge in [-0.1, -0.05) is 12.1 Å². The van der Waals surface area contributed by atoms with Crippen LogP contribution in [0.5, 0.6) is 0 Å². The van der Waals surface area contributed by atoms with E-state index in [-0.39, 0.29) is 0 Å². The van der Waals surface area contributed by atoms with E-state index in [9.17, 15) is 0 Å². The monoisotopic (exact) mass is 182 g/mol. The van der Waals surface area contributed by atoms with Crippen LogP contribution in [0.1, 0.15) is 0 Å². The van der Waals surface area contributed by atoms with E-state index in [4.69, 9.17) is 14.6 Å². The number of nitrogens with two attached hydrogens (primary N) is 1. The largest absolute Gasteiger partial charge is 0.423 e. The quantitative estimate of drug-likeness (QED) is 0.538. The lowest BCUT2D eigenvalue weighted by molar-refractivity contribution is 0.292. The Hall–Kier alpha value is -0.843. The fourth-order valence-corrected chi connectivity index (χ4v) is 2.02. The van der Waals surface area contributed by atoms with E-state index in [1.165, 1.54) is 0 Å². The molecule has 0 saturated heterocycles. The minimum atomic E-state index is -1.27. The molecule has 12 heavy (non-hydrogen) atoms. The zero-order valence-corrected chi connectivity index (χ0v) is 8.20. The molecule has 65 valence electrons. The second-order valence-corrected chi connectivity index (χ2v) is 4.29. The maximum atomic E-state index is 5.54. The Labute approximate surface area is 74.0 Å². The van der Waals surface area contributed by atoms with Crippen molar-refractivity contribution in [2.24, 2.45) is 0 Å². The van der Waals surface area contributed by atoms with Gasteiger partial charge in [-0.3, -0.25) is 0 Å². The molecule has 0 bridgehead atoms. The minimum Gasteiger partial charge on any atom is -0.399 e. The fourth-order valence-electron chi connectivity index (χ4n) is 0.938. The minimum absolute atomic E-state index is 0.757. The van der Waals surface area contributed by atoms with Crippen molar-refractivity contribution in [3.05, 3.63) is 24.3 Å². The summed E-state index contributed by atoms with van der Waals surface area (Å²) in [6, 6.07) is 7.54. The second-order valence-electron chi connectivity index (χ2n) is 2.32. The highest BCUT2D eigenvalue weighted by Crippen LogP contribution is 1.98. The average molecular weight is 182 g/mol. The van der Waals surface area contributed by atoms with E-state index < -0.39 is 9.28 Å². The van der Waals surface area contributed by atoms with Crippen LogP contribution < -0.4 is 10.9 Å². The number of hydrogen-bond acceptors (Lipinski definition) is 3. The fraction of sp³-hybridized carbons (Fsp3) is 0.250. The van der Waals surface area contributed by atoms with Crippen molar-refractivity contribution in [3.63, 3.8) is 0 Å². The van der Waals surface area contributed by atoms with Crippen molar-refractivity contribution in [1.82, 2.24) is 0 Å². The molecule has 2 N–H and O–H groups in total. The molecule has 0 aromatic heterocycles. The highest BCUT2D eigenvalue weighted by atomic mass is 28.3. The van der Waals surface area contributed by atoms with Crippen molar-refractivity contribution in [2.75, 3.05) is 20.0 Å². The van der Waals surface area contributed by atoms with Gasteiger partial charge in [-0.05, 0) is 17.3 Å². The Morgan fingerprint density at radius 3 is 2.00 bits per heavy atom. The molecule has 3 nitrogen and oxygen atoms in total. The van der Waals surface area contributed by atoms with Gasteiger partial charge in [0, 0.05) is 19.9 Å². The molecule has 1 radical (unpaired) electrons. The zero-order chi connectivity index (χ0) is 8.97. The van der Waals surface area contributed by atoms with Crippen LogP contribution >= 0.6 is 0 Å². The Balaban J connectivity index is 2.80. The zero-order valence-electron chi connectivity index (χ0n) is 7.20. The molecule has 0 spiro atoms. The predicted octanol–water partition coefficient (Wildman–Crippen LogP) is 0.257. The molecule has 0 saturated carbocycles. The van der Waals surface area contributed by atoms with Crippen LogP contribution in [-0.2, 0) is 8.85 Å². The Morgan fingerprint density at radius 1 is 1.08 bits per heavy atom. The van der Waals surface area contributed by atoms with Gasteiger partial charge in [0.05, 0.1) is 0 Å². The van der Waals surface area contributed by atoms with Gasteiger partial charge < -0.3 is 14.6 Å². The van der Waals surface area contributed by atoms with Gasteiger partial charge in [-0.15, -0.1) is 0 Å². The first-order valence-electron chi connectivity index (χ1n) is 3.58. The molecule has 0 amide bonds. The Morgan fingerprint density at radius 2 is 1.58 bits per heavy atom. The molecular formula is C8H12NO2Si. The lowest BCUT2D eigenvalue weighted by Gasteiger charge is -2.08. The summed E-state index contributed by atoms with van der Waals surface area (Å²) in [4.78, 5) is 0. The third-order valence-electron chi connectivity index (χ3n) is 1.52. The molecular weight excluding hydrogens is 170 g/mol. The van der Waals surface area contributed by atoms with E-state index in [1.807, 2.05) is 24.3 Å². The maximum absolute atomic E-state index is 5.54. The van der Waals surface area contributed by atoms with Gasteiger partial charge in [-0.25, -0.2) is 0 Å². The first kappa shape index (κ1) is 9.25. The van der Waals surface area contributed by atoms with Gasteiger partial charge in [-0.2, -0.15) is 0 Å². The van der Waals surface area contributed by atoms with E-state index in [2.05, 4.69) is 0 Å². The molecule has 0 aliphatic rings. The maximum Gasteiger partial charge on any atom is 0.423 e. The molecule has 0 heterocycles. The summed E-state index contributed by atoms with van der Waals surface area (Å²) in [6.07, 6.45) is 0. The smallest absolute Gasteiger partial charge is 0.399 e. The van der Waals surface area contributed by atoms with Gasteiger partial charge in [0.1, 0.15) is 0 Å². The van der Waals surface area contributed by atoms with Crippen molar-refractivity contribution >= 4 is 20.2 Å². The summed E-state index contributed by atoms with van der Waals surface area (Å²) in [6.45, 7) is 0. The topological polar surface area (TPSA) is 44.5 Å². The average Bonchev–Trinajstić information content (AvgIpc) is 2.10. The van der Waals surface area contributed by atoms with Gasteiger partial charge >= 0.3 is 9.28 Å².